The Labute approximate surface area is 169 Å². The lowest BCUT2D eigenvalue weighted by Gasteiger charge is -2.12. The van der Waals surface area contributed by atoms with Crippen molar-refractivity contribution in [3.63, 3.8) is 0 Å². The Morgan fingerprint density at radius 2 is 2.00 bits per heavy atom. The van der Waals surface area contributed by atoms with Gasteiger partial charge >= 0.3 is 11.9 Å². The SMILES string of the molecule is CCOC(=O)C(C#N)=Cc1cc(Br)c(OC(=O)c2ccccc2F)c(OC)c1. The van der Waals surface area contributed by atoms with Crippen LogP contribution >= 0.6 is 15.9 Å². The van der Waals surface area contributed by atoms with Crippen LogP contribution in [0.3, 0.4) is 0 Å². The minimum atomic E-state index is -0.898. The summed E-state index contributed by atoms with van der Waals surface area (Å²) in [5.41, 5.74) is 0.000395. The summed E-state index contributed by atoms with van der Waals surface area (Å²) in [6.07, 6.45) is 1.31. The monoisotopic (exact) mass is 447 g/mol. The van der Waals surface area contributed by atoms with Crippen LogP contribution in [0.2, 0.25) is 0 Å². The van der Waals surface area contributed by atoms with Gasteiger partial charge in [0.1, 0.15) is 17.5 Å². The Morgan fingerprint density at radius 1 is 1.29 bits per heavy atom. The highest BCUT2D eigenvalue weighted by Gasteiger charge is 2.19. The van der Waals surface area contributed by atoms with Gasteiger partial charge in [0.15, 0.2) is 11.5 Å². The third-order valence-electron chi connectivity index (χ3n) is 3.47. The number of carbonyl (C=O) groups is 2. The first kappa shape index (κ1) is 21.1. The van der Waals surface area contributed by atoms with Crippen LogP contribution in [-0.4, -0.2) is 25.7 Å². The van der Waals surface area contributed by atoms with Gasteiger partial charge in [-0.15, -0.1) is 0 Å². The molecular formula is C20H15BrFNO5. The molecule has 0 fully saturated rings. The second-order valence-electron chi connectivity index (χ2n) is 5.29. The molecule has 0 aliphatic carbocycles. The molecule has 0 atom stereocenters. The Bertz CT molecular complexity index is 981. The molecule has 0 unspecified atom stereocenters. The number of hydrogen-bond acceptors (Lipinski definition) is 6. The van der Waals surface area contributed by atoms with E-state index in [1.165, 1.54) is 43.5 Å². The van der Waals surface area contributed by atoms with Crippen molar-refractivity contribution in [3.8, 4) is 17.6 Å². The first-order chi connectivity index (χ1) is 13.4. The van der Waals surface area contributed by atoms with Crippen LogP contribution in [0, 0.1) is 17.1 Å². The van der Waals surface area contributed by atoms with Crippen molar-refractivity contribution in [1.29, 1.82) is 5.26 Å². The molecule has 0 N–H and O–H groups in total. The van der Waals surface area contributed by atoms with E-state index in [2.05, 4.69) is 15.9 Å². The molecule has 28 heavy (non-hydrogen) atoms. The van der Waals surface area contributed by atoms with Crippen LogP contribution in [0.25, 0.3) is 6.08 Å². The predicted molar refractivity (Wildman–Crippen MR) is 102 cm³/mol. The van der Waals surface area contributed by atoms with E-state index < -0.39 is 17.8 Å². The lowest BCUT2D eigenvalue weighted by atomic mass is 10.1. The molecule has 0 aromatic heterocycles. The van der Waals surface area contributed by atoms with Crippen LogP contribution in [0.4, 0.5) is 4.39 Å². The first-order valence-corrected chi connectivity index (χ1v) is 8.83. The number of esters is 2. The number of ether oxygens (including phenoxy) is 3. The summed E-state index contributed by atoms with van der Waals surface area (Å²) < 4.78 is 29.4. The highest BCUT2D eigenvalue weighted by atomic mass is 79.9. The summed E-state index contributed by atoms with van der Waals surface area (Å²) in [4.78, 5) is 24.0. The minimum Gasteiger partial charge on any atom is -0.493 e. The van der Waals surface area contributed by atoms with Gasteiger partial charge in [-0.05, 0) is 58.8 Å². The van der Waals surface area contributed by atoms with Crippen molar-refractivity contribution in [1.82, 2.24) is 0 Å². The molecular weight excluding hydrogens is 433 g/mol. The van der Waals surface area contributed by atoms with Gasteiger partial charge in [0, 0.05) is 0 Å². The summed E-state index contributed by atoms with van der Waals surface area (Å²) in [5, 5.41) is 9.14. The lowest BCUT2D eigenvalue weighted by Crippen LogP contribution is -2.11. The zero-order valence-electron chi connectivity index (χ0n) is 15.0. The molecule has 0 aliphatic heterocycles. The summed E-state index contributed by atoms with van der Waals surface area (Å²) in [6, 6.07) is 10.2. The van der Waals surface area contributed by atoms with Crippen molar-refractivity contribution in [2.45, 2.75) is 6.92 Å². The van der Waals surface area contributed by atoms with Crippen LogP contribution in [0.1, 0.15) is 22.8 Å². The molecule has 2 aromatic carbocycles. The number of nitriles is 1. The van der Waals surface area contributed by atoms with Crippen LogP contribution in [0.5, 0.6) is 11.5 Å². The van der Waals surface area contributed by atoms with Gasteiger partial charge in [0.25, 0.3) is 0 Å². The van der Waals surface area contributed by atoms with Crippen LogP contribution < -0.4 is 9.47 Å². The number of rotatable bonds is 6. The smallest absolute Gasteiger partial charge is 0.348 e. The van der Waals surface area contributed by atoms with Gasteiger partial charge in [0.05, 0.1) is 23.8 Å². The first-order valence-electron chi connectivity index (χ1n) is 8.04. The summed E-state index contributed by atoms with van der Waals surface area (Å²) in [6.45, 7) is 1.76. The fraction of sp³-hybridized carbons (Fsp3) is 0.150. The van der Waals surface area contributed by atoms with Gasteiger partial charge in [-0.3, -0.25) is 0 Å². The molecule has 0 heterocycles. The molecule has 0 radical (unpaired) electrons. The van der Waals surface area contributed by atoms with Crippen molar-refractivity contribution in [2.75, 3.05) is 13.7 Å². The summed E-state index contributed by atoms with van der Waals surface area (Å²) in [5.74, 6) is -2.19. The summed E-state index contributed by atoms with van der Waals surface area (Å²) in [7, 11) is 1.35. The maximum Gasteiger partial charge on any atom is 0.348 e. The molecule has 0 spiro atoms. The van der Waals surface area contributed by atoms with E-state index >= 15 is 0 Å². The molecule has 6 nitrogen and oxygen atoms in total. The standard InChI is InChI=1S/C20H15BrFNO5/c1-3-27-19(24)13(11-23)8-12-9-15(21)18(17(10-12)26-2)28-20(25)14-6-4-5-7-16(14)22/h4-10H,3H2,1-2H3. The predicted octanol–water partition coefficient (Wildman–Crippen LogP) is 4.29. The lowest BCUT2D eigenvalue weighted by molar-refractivity contribution is -0.137. The van der Waals surface area contributed by atoms with E-state index in [1.807, 2.05) is 0 Å². The fourth-order valence-corrected chi connectivity index (χ4v) is 2.75. The molecule has 144 valence electrons. The normalized spacial score (nSPS) is 10.8. The molecule has 0 amide bonds. The second kappa shape index (κ2) is 9.67. The third-order valence-corrected chi connectivity index (χ3v) is 4.06. The van der Waals surface area contributed by atoms with Gasteiger partial charge in [-0.25, -0.2) is 14.0 Å². The van der Waals surface area contributed by atoms with E-state index in [1.54, 1.807) is 13.0 Å². The van der Waals surface area contributed by atoms with Crippen molar-refractivity contribution < 1.29 is 28.2 Å². The maximum absolute atomic E-state index is 13.8. The van der Waals surface area contributed by atoms with E-state index in [0.717, 1.165) is 6.07 Å². The Kier molecular flexibility index (Phi) is 7.29. The number of carbonyl (C=O) groups excluding carboxylic acids is 2. The fourth-order valence-electron chi connectivity index (χ4n) is 2.21. The van der Waals surface area contributed by atoms with Crippen molar-refractivity contribution >= 4 is 33.9 Å². The van der Waals surface area contributed by atoms with Gasteiger partial charge < -0.3 is 14.2 Å². The topological polar surface area (TPSA) is 85.6 Å². The highest BCUT2D eigenvalue weighted by molar-refractivity contribution is 9.10. The Morgan fingerprint density at radius 3 is 2.61 bits per heavy atom. The average molecular weight is 448 g/mol. The van der Waals surface area contributed by atoms with E-state index in [9.17, 15) is 14.0 Å². The van der Waals surface area contributed by atoms with Gasteiger partial charge in [-0.1, -0.05) is 12.1 Å². The zero-order chi connectivity index (χ0) is 20.7. The number of halogens is 2. The molecule has 0 saturated heterocycles. The Balaban J connectivity index is 2.39. The molecule has 0 aliphatic rings. The number of methoxy groups -OCH3 is 1. The number of benzene rings is 2. The van der Waals surface area contributed by atoms with Gasteiger partial charge in [0.2, 0.25) is 0 Å². The molecule has 2 rings (SSSR count). The largest absolute Gasteiger partial charge is 0.493 e. The molecule has 0 saturated carbocycles. The van der Waals surface area contributed by atoms with E-state index in [4.69, 9.17) is 19.5 Å². The van der Waals surface area contributed by atoms with Gasteiger partial charge in [-0.2, -0.15) is 5.26 Å². The Hall–Kier alpha value is -3.18. The average Bonchev–Trinajstić information content (AvgIpc) is 2.68. The quantitative estimate of drug-likeness (QED) is 0.284. The van der Waals surface area contributed by atoms with Crippen molar-refractivity contribution in [2.24, 2.45) is 0 Å². The van der Waals surface area contributed by atoms with Crippen LogP contribution in [-0.2, 0) is 9.53 Å². The minimum absolute atomic E-state index is 0.0301. The number of hydrogen-bond donors (Lipinski definition) is 0. The third kappa shape index (κ3) is 4.96. The second-order valence-corrected chi connectivity index (χ2v) is 6.15. The molecule has 2 aromatic rings. The highest BCUT2D eigenvalue weighted by Crippen LogP contribution is 2.38. The van der Waals surface area contributed by atoms with Crippen LogP contribution in [0.15, 0.2) is 46.4 Å². The molecule has 0 bridgehead atoms. The number of nitrogens with zero attached hydrogens (tertiary/aromatic N) is 1. The molecule has 8 heteroatoms. The van der Waals surface area contributed by atoms with Crippen molar-refractivity contribution in [3.05, 3.63) is 63.4 Å². The van der Waals surface area contributed by atoms with E-state index in [0.29, 0.717) is 10.0 Å². The zero-order valence-corrected chi connectivity index (χ0v) is 16.6. The van der Waals surface area contributed by atoms with E-state index in [-0.39, 0.29) is 29.2 Å². The summed E-state index contributed by atoms with van der Waals surface area (Å²) >= 11 is 3.26. The maximum atomic E-state index is 13.8.